The number of hydrogen-bond donors (Lipinski definition) is 2. The normalized spacial score (nSPS) is 15.8. The van der Waals surface area contributed by atoms with Gasteiger partial charge in [0.1, 0.15) is 4.90 Å². The van der Waals surface area contributed by atoms with Gasteiger partial charge >= 0.3 is 0 Å². The molecule has 1 aliphatic rings. The van der Waals surface area contributed by atoms with Crippen LogP contribution >= 0.6 is 23.4 Å². The van der Waals surface area contributed by atoms with Crippen molar-refractivity contribution in [3.8, 4) is 0 Å². The molecule has 1 aromatic heterocycles. The van der Waals surface area contributed by atoms with Crippen LogP contribution in [0.1, 0.15) is 5.56 Å². The number of amidine groups is 1. The number of aromatic nitrogens is 1. The fraction of sp³-hybridized carbons (Fsp3) is 0.0556. The molecule has 0 fully saturated rings. The highest BCUT2D eigenvalue weighted by Gasteiger charge is 2.27. The molecule has 4 rings (SSSR count). The third-order valence-corrected chi connectivity index (χ3v) is 6.91. The van der Waals surface area contributed by atoms with Crippen LogP contribution in [-0.2, 0) is 10.0 Å². The molecule has 2 heterocycles. The third kappa shape index (κ3) is 3.56. The number of hydrogen-bond acceptors (Lipinski definition) is 5. The van der Waals surface area contributed by atoms with Crippen molar-refractivity contribution >= 4 is 61.1 Å². The molecule has 0 atom stereocenters. The predicted octanol–water partition coefficient (Wildman–Crippen LogP) is 3.77. The molecule has 142 valence electrons. The molecule has 28 heavy (non-hydrogen) atoms. The number of guanidine groups is 1. The van der Waals surface area contributed by atoms with Crippen LogP contribution in [-0.4, -0.2) is 24.5 Å². The number of halogens is 1. The Morgan fingerprint density at radius 1 is 1.25 bits per heavy atom. The molecule has 0 saturated carbocycles. The highest BCUT2D eigenvalue weighted by atomic mass is 35.5. The zero-order chi connectivity index (χ0) is 19.9. The second-order valence-corrected chi connectivity index (χ2v) is 8.99. The highest BCUT2D eigenvalue weighted by molar-refractivity contribution is 8.15. The fourth-order valence-corrected chi connectivity index (χ4v) is 5.49. The number of fused-ring (bicyclic) bond motifs is 2. The molecule has 0 aliphatic carbocycles. The summed E-state index contributed by atoms with van der Waals surface area (Å²) in [5, 5.41) is 4.32. The smallest absolute Gasteiger partial charge is 0.285 e. The second-order valence-electron chi connectivity index (χ2n) is 6.00. The van der Waals surface area contributed by atoms with Crippen molar-refractivity contribution in [1.82, 2.24) is 4.98 Å². The van der Waals surface area contributed by atoms with Gasteiger partial charge in [-0.3, -0.25) is 4.98 Å². The number of sulfonamides is 1. The molecule has 3 aromatic rings. The first kappa shape index (κ1) is 18.7. The zero-order valence-corrected chi connectivity index (χ0v) is 16.9. The lowest BCUT2D eigenvalue weighted by Crippen LogP contribution is -2.24. The van der Waals surface area contributed by atoms with Crippen molar-refractivity contribution in [1.29, 1.82) is 0 Å². The summed E-state index contributed by atoms with van der Waals surface area (Å²) in [5.74, 6) is 0.0134. The average Bonchev–Trinajstić information content (AvgIpc) is 2.63. The number of rotatable bonds is 1. The Labute approximate surface area is 170 Å². The maximum absolute atomic E-state index is 12.5. The zero-order valence-electron chi connectivity index (χ0n) is 14.5. The van der Waals surface area contributed by atoms with E-state index in [0.29, 0.717) is 21.2 Å². The molecule has 0 spiro atoms. The van der Waals surface area contributed by atoms with E-state index in [1.54, 1.807) is 19.2 Å². The number of nitrogens with two attached hydrogens (primary N) is 1. The molecule has 2 aromatic carbocycles. The van der Waals surface area contributed by atoms with Gasteiger partial charge in [-0.2, -0.15) is 13.4 Å². The predicted molar refractivity (Wildman–Crippen MR) is 114 cm³/mol. The minimum Gasteiger partial charge on any atom is -0.369 e. The summed E-state index contributed by atoms with van der Waals surface area (Å²) in [6.45, 7) is 1.74. The number of benzene rings is 2. The maximum atomic E-state index is 12.5. The Morgan fingerprint density at radius 2 is 2.07 bits per heavy atom. The molecule has 0 amide bonds. The molecule has 1 aliphatic heterocycles. The van der Waals surface area contributed by atoms with Gasteiger partial charge in [-0.15, -0.1) is 4.40 Å². The fourth-order valence-electron chi connectivity index (χ4n) is 2.71. The van der Waals surface area contributed by atoms with Gasteiger partial charge < -0.3 is 11.1 Å². The Hall–Kier alpha value is -2.62. The Kier molecular flexibility index (Phi) is 4.74. The SMILES string of the molecule is Cc1cc2c(cc1Cl)SC(/N=C(/N)Nc1cccc3ncccc13)=NS2(=O)=O. The molecule has 10 heteroatoms. The van der Waals surface area contributed by atoms with Gasteiger partial charge in [-0.25, -0.2) is 0 Å². The summed E-state index contributed by atoms with van der Waals surface area (Å²) >= 11 is 7.22. The largest absolute Gasteiger partial charge is 0.369 e. The van der Waals surface area contributed by atoms with Crippen molar-refractivity contribution in [2.24, 2.45) is 15.1 Å². The topological polar surface area (TPSA) is 110 Å². The lowest BCUT2D eigenvalue weighted by molar-refractivity contribution is 0.595. The molecule has 0 radical (unpaired) electrons. The van der Waals surface area contributed by atoms with Crippen LogP contribution in [0, 0.1) is 6.92 Å². The summed E-state index contributed by atoms with van der Waals surface area (Å²) in [4.78, 5) is 9.00. The lowest BCUT2D eigenvalue weighted by atomic mass is 10.2. The minimum atomic E-state index is -3.88. The van der Waals surface area contributed by atoms with Gasteiger partial charge in [0.25, 0.3) is 10.0 Å². The van der Waals surface area contributed by atoms with Crippen molar-refractivity contribution in [2.45, 2.75) is 16.7 Å². The van der Waals surface area contributed by atoms with Crippen LogP contribution in [0.3, 0.4) is 0 Å². The van der Waals surface area contributed by atoms with E-state index in [4.69, 9.17) is 17.3 Å². The summed E-state index contributed by atoms with van der Waals surface area (Å²) in [6.07, 6.45) is 1.70. The van der Waals surface area contributed by atoms with E-state index in [-0.39, 0.29) is 16.0 Å². The van der Waals surface area contributed by atoms with Crippen LogP contribution in [0.15, 0.2) is 67.8 Å². The standard InChI is InChI=1S/C18H14ClN5O2S2/c1-10-8-16-15(9-12(10)19)27-18(24-28(16,25)26)23-17(20)22-14-6-2-5-13-11(14)4-3-7-21-13/h2-9H,1H3,(H3,20,22,23,24). The summed E-state index contributed by atoms with van der Waals surface area (Å²) in [5.41, 5.74) is 8.16. The van der Waals surface area contributed by atoms with E-state index in [1.807, 2.05) is 30.3 Å². The summed E-state index contributed by atoms with van der Waals surface area (Å²) in [6, 6.07) is 12.4. The van der Waals surface area contributed by atoms with Gasteiger partial charge in [0.05, 0.1) is 11.2 Å². The van der Waals surface area contributed by atoms with E-state index in [1.165, 1.54) is 6.07 Å². The van der Waals surface area contributed by atoms with Crippen molar-refractivity contribution in [3.05, 3.63) is 59.2 Å². The Morgan fingerprint density at radius 3 is 2.89 bits per heavy atom. The number of pyridine rings is 1. The number of anilines is 1. The molecule has 0 bridgehead atoms. The van der Waals surface area contributed by atoms with E-state index < -0.39 is 10.0 Å². The van der Waals surface area contributed by atoms with Crippen molar-refractivity contribution < 1.29 is 8.42 Å². The van der Waals surface area contributed by atoms with E-state index in [9.17, 15) is 8.42 Å². The van der Waals surface area contributed by atoms with Crippen LogP contribution in [0.25, 0.3) is 10.9 Å². The van der Waals surface area contributed by atoms with E-state index >= 15 is 0 Å². The van der Waals surface area contributed by atoms with Gasteiger partial charge in [-0.05, 0) is 60.6 Å². The van der Waals surface area contributed by atoms with Gasteiger partial charge in [0, 0.05) is 21.5 Å². The highest BCUT2D eigenvalue weighted by Crippen LogP contribution is 2.37. The second kappa shape index (κ2) is 7.08. The lowest BCUT2D eigenvalue weighted by Gasteiger charge is -2.15. The number of thioether (sulfide) groups is 1. The molecule has 3 N–H and O–H groups in total. The molecule has 0 unspecified atom stereocenters. The van der Waals surface area contributed by atoms with Crippen LogP contribution < -0.4 is 11.1 Å². The monoisotopic (exact) mass is 431 g/mol. The first-order chi connectivity index (χ1) is 13.3. The first-order valence-corrected chi connectivity index (χ1v) is 10.7. The van der Waals surface area contributed by atoms with Gasteiger partial charge in [0.15, 0.2) is 5.96 Å². The molecule has 7 nitrogen and oxygen atoms in total. The molecule has 0 saturated heterocycles. The summed E-state index contributed by atoms with van der Waals surface area (Å²) in [7, 11) is -3.88. The molecular weight excluding hydrogens is 418 g/mol. The van der Waals surface area contributed by atoms with Crippen LogP contribution in [0.4, 0.5) is 5.69 Å². The van der Waals surface area contributed by atoms with Gasteiger partial charge in [0.2, 0.25) is 5.17 Å². The third-order valence-electron chi connectivity index (χ3n) is 4.03. The van der Waals surface area contributed by atoms with E-state index in [2.05, 4.69) is 19.7 Å². The Balaban J connectivity index is 1.67. The van der Waals surface area contributed by atoms with E-state index in [0.717, 1.165) is 22.7 Å². The van der Waals surface area contributed by atoms with Gasteiger partial charge in [-0.1, -0.05) is 17.7 Å². The maximum Gasteiger partial charge on any atom is 0.285 e. The summed E-state index contributed by atoms with van der Waals surface area (Å²) < 4.78 is 28.7. The van der Waals surface area contributed by atoms with Crippen molar-refractivity contribution in [2.75, 3.05) is 5.32 Å². The number of nitrogens with zero attached hydrogens (tertiary/aromatic N) is 3. The minimum absolute atomic E-state index is 0.00998. The first-order valence-electron chi connectivity index (χ1n) is 8.11. The van der Waals surface area contributed by atoms with Crippen molar-refractivity contribution in [3.63, 3.8) is 0 Å². The quantitative estimate of drug-likeness (QED) is 0.448. The number of aryl methyl sites for hydroxylation is 1. The number of nitrogens with one attached hydrogen (secondary N) is 1. The van der Waals surface area contributed by atoms with Crippen LogP contribution in [0.2, 0.25) is 5.02 Å². The average molecular weight is 432 g/mol. The Bertz CT molecular complexity index is 1270. The molecular formula is C18H14ClN5O2S2. The number of aliphatic imine (C=N–C) groups is 1. The van der Waals surface area contributed by atoms with Crippen LogP contribution in [0.5, 0.6) is 0 Å².